The lowest BCUT2D eigenvalue weighted by molar-refractivity contribution is -0.132. The summed E-state index contributed by atoms with van der Waals surface area (Å²) in [5, 5.41) is 3.90. The third kappa shape index (κ3) is 5.31. The van der Waals surface area contributed by atoms with E-state index < -0.39 is 10.0 Å². The second kappa shape index (κ2) is 7.44. The number of aromatic nitrogens is 1. The molecule has 2 heterocycles. The highest BCUT2D eigenvalue weighted by molar-refractivity contribution is 7.88. The molecule has 1 aliphatic heterocycles. The molecule has 1 aliphatic rings. The summed E-state index contributed by atoms with van der Waals surface area (Å²) in [5.74, 6) is 1.06. The van der Waals surface area contributed by atoms with Crippen LogP contribution in [0.25, 0.3) is 0 Å². The summed E-state index contributed by atoms with van der Waals surface area (Å²) in [5.41, 5.74) is 1.84. The van der Waals surface area contributed by atoms with Crippen molar-refractivity contribution in [1.29, 1.82) is 0 Å². The van der Waals surface area contributed by atoms with Gasteiger partial charge in [0, 0.05) is 31.6 Å². The van der Waals surface area contributed by atoms with Gasteiger partial charge >= 0.3 is 0 Å². The molecule has 130 valence electrons. The summed E-state index contributed by atoms with van der Waals surface area (Å²) >= 11 is 0. The molecule has 1 amide bonds. The fraction of sp³-hybridized carbons (Fsp3) is 0.733. The number of rotatable bonds is 6. The summed E-state index contributed by atoms with van der Waals surface area (Å²) in [6.07, 6.45) is 4.06. The first-order valence-corrected chi connectivity index (χ1v) is 9.79. The Morgan fingerprint density at radius 1 is 1.43 bits per heavy atom. The van der Waals surface area contributed by atoms with Crippen LogP contribution in [0.4, 0.5) is 0 Å². The van der Waals surface area contributed by atoms with Gasteiger partial charge < -0.3 is 9.42 Å². The van der Waals surface area contributed by atoms with Crippen LogP contribution in [0.3, 0.4) is 0 Å². The van der Waals surface area contributed by atoms with E-state index in [-0.39, 0.29) is 11.8 Å². The van der Waals surface area contributed by atoms with Crippen LogP contribution in [0, 0.1) is 19.8 Å². The van der Waals surface area contributed by atoms with Crippen molar-refractivity contribution in [3.8, 4) is 0 Å². The third-order valence-corrected chi connectivity index (χ3v) is 4.97. The quantitative estimate of drug-likeness (QED) is 0.832. The molecule has 23 heavy (non-hydrogen) atoms. The van der Waals surface area contributed by atoms with Crippen molar-refractivity contribution < 1.29 is 17.7 Å². The summed E-state index contributed by atoms with van der Waals surface area (Å²) in [6.45, 7) is 5.49. The Hall–Kier alpha value is -1.41. The van der Waals surface area contributed by atoms with E-state index in [0.717, 1.165) is 42.7 Å². The van der Waals surface area contributed by atoms with Gasteiger partial charge in [0.2, 0.25) is 15.9 Å². The number of sulfonamides is 1. The van der Waals surface area contributed by atoms with E-state index >= 15 is 0 Å². The lowest BCUT2D eigenvalue weighted by atomic mass is 9.97. The lowest BCUT2D eigenvalue weighted by Crippen LogP contribution is -2.43. The summed E-state index contributed by atoms with van der Waals surface area (Å²) in [4.78, 5) is 14.2. The molecule has 0 aromatic carbocycles. The average molecular weight is 343 g/mol. The summed E-state index contributed by atoms with van der Waals surface area (Å²) in [7, 11) is -3.18. The fourth-order valence-corrected chi connectivity index (χ4v) is 3.51. The van der Waals surface area contributed by atoms with Crippen LogP contribution in [0.2, 0.25) is 0 Å². The number of aryl methyl sites for hydroxylation is 2. The van der Waals surface area contributed by atoms with Gasteiger partial charge in [-0.3, -0.25) is 4.79 Å². The zero-order valence-corrected chi connectivity index (χ0v) is 14.8. The van der Waals surface area contributed by atoms with Crippen molar-refractivity contribution >= 4 is 15.9 Å². The Labute approximate surface area is 137 Å². The van der Waals surface area contributed by atoms with Crippen LogP contribution >= 0.6 is 0 Å². The first kappa shape index (κ1) is 17.9. The number of amides is 1. The molecule has 1 atom stereocenters. The minimum atomic E-state index is -3.18. The molecule has 0 bridgehead atoms. The number of nitrogens with one attached hydrogen (secondary N) is 1. The van der Waals surface area contributed by atoms with Crippen LogP contribution in [-0.4, -0.2) is 50.3 Å². The fourth-order valence-electron chi connectivity index (χ4n) is 2.98. The molecule has 8 heteroatoms. The Kier molecular flexibility index (Phi) is 5.80. The van der Waals surface area contributed by atoms with Crippen molar-refractivity contribution in [2.24, 2.45) is 5.92 Å². The maximum absolute atomic E-state index is 12.4. The standard InChI is InChI=1S/C15H25N3O4S/c1-11-14(12(2)22-17-11)6-7-15(19)18-8-4-5-13(10-18)9-16-23(3,20)21/h13,16H,4-10H2,1-3H3. The second-order valence-corrected chi connectivity index (χ2v) is 8.10. The number of carbonyl (C=O) groups is 1. The molecule has 0 radical (unpaired) electrons. The predicted molar refractivity (Wildman–Crippen MR) is 86.4 cm³/mol. The largest absolute Gasteiger partial charge is 0.361 e. The van der Waals surface area contributed by atoms with E-state index in [1.54, 1.807) is 0 Å². The average Bonchev–Trinajstić information content (AvgIpc) is 2.81. The Morgan fingerprint density at radius 2 is 2.17 bits per heavy atom. The van der Waals surface area contributed by atoms with Gasteiger partial charge in [0.25, 0.3) is 0 Å². The van der Waals surface area contributed by atoms with Crippen LogP contribution in [0.5, 0.6) is 0 Å². The van der Waals surface area contributed by atoms with Crippen LogP contribution in [0.1, 0.15) is 36.3 Å². The number of carbonyl (C=O) groups excluding carboxylic acids is 1. The van der Waals surface area contributed by atoms with Crippen molar-refractivity contribution in [2.45, 2.75) is 39.5 Å². The topological polar surface area (TPSA) is 92.5 Å². The van der Waals surface area contributed by atoms with Gasteiger partial charge in [-0.15, -0.1) is 0 Å². The molecule has 1 unspecified atom stereocenters. The Balaban J connectivity index is 1.84. The Morgan fingerprint density at radius 3 is 2.78 bits per heavy atom. The van der Waals surface area contributed by atoms with Gasteiger partial charge in [-0.2, -0.15) is 0 Å². The van der Waals surface area contributed by atoms with E-state index in [0.29, 0.717) is 25.9 Å². The second-order valence-electron chi connectivity index (χ2n) is 6.27. The van der Waals surface area contributed by atoms with Crippen molar-refractivity contribution in [3.05, 3.63) is 17.0 Å². The van der Waals surface area contributed by atoms with Crippen LogP contribution < -0.4 is 4.72 Å². The lowest BCUT2D eigenvalue weighted by Gasteiger charge is -2.32. The predicted octanol–water partition coefficient (Wildman–Crippen LogP) is 1.01. The smallest absolute Gasteiger partial charge is 0.222 e. The molecular weight excluding hydrogens is 318 g/mol. The zero-order chi connectivity index (χ0) is 17.0. The first-order chi connectivity index (χ1) is 10.8. The van der Waals surface area contributed by atoms with Crippen molar-refractivity contribution in [3.63, 3.8) is 0 Å². The number of nitrogens with zero attached hydrogens (tertiary/aromatic N) is 2. The first-order valence-electron chi connectivity index (χ1n) is 7.90. The molecule has 1 N–H and O–H groups in total. The molecule has 0 aliphatic carbocycles. The van der Waals surface area contributed by atoms with Crippen LogP contribution in [0.15, 0.2) is 4.52 Å². The van der Waals surface area contributed by atoms with E-state index in [1.807, 2.05) is 18.7 Å². The van der Waals surface area contributed by atoms with Gasteiger partial charge in [-0.1, -0.05) is 5.16 Å². The highest BCUT2D eigenvalue weighted by Gasteiger charge is 2.24. The number of likely N-dealkylation sites (tertiary alicyclic amines) is 1. The molecule has 7 nitrogen and oxygen atoms in total. The molecule has 1 aromatic rings. The normalized spacial score (nSPS) is 19.1. The van der Waals surface area contributed by atoms with E-state index in [2.05, 4.69) is 9.88 Å². The van der Waals surface area contributed by atoms with E-state index in [9.17, 15) is 13.2 Å². The van der Waals surface area contributed by atoms with E-state index in [4.69, 9.17) is 4.52 Å². The molecule has 1 saturated heterocycles. The van der Waals surface area contributed by atoms with Gasteiger partial charge in [0.1, 0.15) is 5.76 Å². The number of piperidine rings is 1. The van der Waals surface area contributed by atoms with Crippen molar-refractivity contribution in [2.75, 3.05) is 25.9 Å². The highest BCUT2D eigenvalue weighted by atomic mass is 32.2. The van der Waals surface area contributed by atoms with E-state index in [1.165, 1.54) is 0 Å². The minimum Gasteiger partial charge on any atom is -0.361 e. The zero-order valence-electron chi connectivity index (χ0n) is 14.0. The highest BCUT2D eigenvalue weighted by Crippen LogP contribution is 2.19. The monoisotopic (exact) mass is 343 g/mol. The number of hydrogen-bond donors (Lipinski definition) is 1. The number of hydrogen-bond acceptors (Lipinski definition) is 5. The van der Waals surface area contributed by atoms with Gasteiger partial charge in [0.05, 0.1) is 11.9 Å². The molecule has 0 spiro atoms. The molecule has 1 aromatic heterocycles. The van der Waals surface area contributed by atoms with Crippen molar-refractivity contribution in [1.82, 2.24) is 14.8 Å². The summed E-state index contributed by atoms with van der Waals surface area (Å²) in [6, 6.07) is 0. The maximum Gasteiger partial charge on any atom is 0.222 e. The van der Waals surface area contributed by atoms with Gasteiger partial charge in [-0.05, 0) is 39.0 Å². The SMILES string of the molecule is Cc1noc(C)c1CCC(=O)N1CCCC(CNS(C)(=O)=O)C1. The van der Waals surface area contributed by atoms with Gasteiger partial charge in [-0.25, -0.2) is 13.1 Å². The Bertz CT molecular complexity index is 634. The minimum absolute atomic E-state index is 0.106. The molecule has 2 rings (SSSR count). The maximum atomic E-state index is 12.4. The van der Waals surface area contributed by atoms with Gasteiger partial charge in [0.15, 0.2) is 0 Å². The molecular formula is C15H25N3O4S. The summed E-state index contributed by atoms with van der Waals surface area (Å²) < 4.78 is 30.0. The third-order valence-electron chi connectivity index (χ3n) is 4.28. The molecule has 0 saturated carbocycles. The van der Waals surface area contributed by atoms with Crippen LogP contribution in [-0.2, 0) is 21.2 Å². The molecule has 1 fully saturated rings.